The molecule has 0 bridgehead atoms. The molecule has 1 atom stereocenters. The summed E-state index contributed by atoms with van der Waals surface area (Å²) in [4.78, 5) is 11.3. The highest BCUT2D eigenvalue weighted by atomic mass is 16.5. The summed E-state index contributed by atoms with van der Waals surface area (Å²) in [5.41, 5.74) is 2.32. The molecular formula is C25H20O3. The van der Waals surface area contributed by atoms with E-state index in [1.54, 1.807) is 0 Å². The second-order valence-corrected chi connectivity index (χ2v) is 7.48. The van der Waals surface area contributed by atoms with Gasteiger partial charge in [0.05, 0.1) is 5.92 Å². The van der Waals surface area contributed by atoms with Crippen LogP contribution in [-0.4, -0.2) is 11.1 Å². The van der Waals surface area contributed by atoms with Crippen LogP contribution in [0, 0.1) is 5.92 Å². The SMILES string of the molecule is O=C(O)C1CCc2ccc(Oc3ccc4ccc5ccccc5c4c3)cc2C1. The van der Waals surface area contributed by atoms with Gasteiger partial charge in [-0.1, -0.05) is 48.5 Å². The zero-order valence-electron chi connectivity index (χ0n) is 15.4. The van der Waals surface area contributed by atoms with Gasteiger partial charge in [-0.15, -0.1) is 0 Å². The Morgan fingerprint density at radius 1 is 0.821 bits per heavy atom. The molecule has 0 heterocycles. The molecule has 4 aromatic carbocycles. The lowest BCUT2D eigenvalue weighted by Gasteiger charge is -2.22. The highest BCUT2D eigenvalue weighted by molar-refractivity contribution is 6.07. The maximum Gasteiger partial charge on any atom is 0.306 e. The summed E-state index contributed by atoms with van der Waals surface area (Å²) in [5, 5.41) is 14.1. The van der Waals surface area contributed by atoms with Crippen LogP contribution in [0.5, 0.6) is 11.5 Å². The predicted octanol–water partition coefficient (Wildman–Crippen LogP) is 5.97. The fourth-order valence-electron chi connectivity index (χ4n) is 4.19. The fraction of sp³-hybridized carbons (Fsp3) is 0.160. The van der Waals surface area contributed by atoms with Gasteiger partial charge in [0.15, 0.2) is 0 Å². The van der Waals surface area contributed by atoms with Gasteiger partial charge < -0.3 is 9.84 Å². The smallest absolute Gasteiger partial charge is 0.306 e. The van der Waals surface area contributed by atoms with Crippen molar-refractivity contribution in [2.45, 2.75) is 19.3 Å². The van der Waals surface area contributed by atoms with Crippen molar-refractivity contribution < 1.29 is 14.6 Å². The van der Waals surface area contributed by atoms with Crippen molar-refractivity contribution in [1.82, 2.24) is 0 Å². The van der Waals surface area contributed by atoms with Gasteiger partial charge in [-0.05, 0) is 76.2 Å². The zero-order chi connectivity index (χ0) is 19.1. The van der Waals surface area contributed by atoms with E-state index in [9.17, 15) is 9.90 Å². The van der Waals surface area contributed by atoms with Crippen molar-refractivity contribution in [3.05, 3.63) is 83.9 Å². The third-order valence-corrected chi connectivity index (χ3v) is 5.71. The summed E-state index contributed by atoms with van der Waals surface area (Å²) in [6, 6.07) is 24.8. The van der Waals surface area contributed by atoms with Crippen LogP contribution in [0.25, 0.3) is 21.5 Å². The first-order valence-electron chi connectivity index (χ1n) is 9.61. The number of carboxylic acids is 1. The second kappa shape index (κ2) is 6.68. The number of hydrogen-bond acceptors (Lipinski definition) is 2. The Labute approximate surface area is 163 Å². The summed E-state index contributed by atoms with van der Waals surface area (Å²) >= 11 is 0. The molecule has 0 amide bonds. The van der Waals surface area contributed by atoms with Crippen molar-refractivity contribution in [3.63, 3.8) is 0 Å². The summed E-state index contributed by atoms with van der Waals surface area (Å²) in [6.07, 6.45) is 2.10. The zero-order valence-corrected chi connectivity index (χ0v) is 15.4. The summed E-state index contributed by atoms with van der Waals surface area (Å²) in [5.74, 6) is 0.534. The quantitative estimate of drug-likeness (QED) is 0.453. The summed E-state index contributed by atoms with van der Waals surface area (Å²) < 4.78 is 6.15. The molecule has 3 nitrogen and oxygen atoms in total. The third-order valence-electron chi connectivity index (χ3n) is 5.71. The molecule has 5 rings (SSSR count). The van der Waals surface area contributed by atoms with Crippen molar-refractivity contribution in [2.24, 2.45) is 5.92 Å². The number of aliphatic carboxylic acids is 1. The minimum atomic E-state index is -0.710. The number of benzene rings is 4. The molecule has 1 unspecified atom stereocenters. The number of aryl methyl sites for hydroxylation is 1. The van der Waals surface area contributed by atoms with Crippen molar-refractivity contribution in [2.75, 3.05) is 0 Å². The van der Waals surface area contributed by atoms with Gasteiger partial charge in [0, 0.05) is 0 Å². The van der Waals surface area contributed by atoms with E-state index in [0.29, 0.717) is 12.8 Å². The Hall–Kier alpha value is -3.33. The Kier molecular flexibility index (Phi) is 4.01. The van der Waals surface area contributed by atoms with Gasteiger partial charge in [-0.2, -0.15) is 0 Å². The van der Waals surface area contributed by atoms with Crippen LogP contribution in [0.2, 0.25) is 0 Å². The van der Waals surface area contributed by atoms with Gasteiger partial charge >= 0.3 is 5.97 Å². The first kappa shape index (κ1) is 16.8. The predicted molar refractivity (Wildman–Crippen MR) is 111 cm³/mol. The molecule has 0 aromatic heterocycles. The van der Waals surface area contributed by atoms with Gasteiger partial charge in [0.2, 0.25) is 0 Å². The lowest BCUT2D eigenvalue weighted by atomic mass is 9.84. The van der Waals surface area contributed by atoms with Gasteiger partial charge in [0.1, 0.15) is 11.5 Å². The number of carbonyl (C=O) groups is 1. The molecule has 3 heteroatoms. The Morgan fingerprint density at radius 3 is 2.39 bits per heavy atom. The van der Waals surface area contributed by atoms with Crippen LogP contribution < -0.4 is 4.74 Å². The standard InChI is InChI=1S/C25H20O3/c26-25(27)19-8-5-16-9-11-21(14-20(16)13-19)28-22-12-10-18-7-6-17-3-1-2-4-23(17)24(18)15-22/h1-4,6-7,9-12,14-15,19H,5,8,13H2,(H,26,27). The van der Waals surface area contributed by atoms with E-state index in [0.717, 1.165) is 23.5 Å². The van der Waals surface area contributed by atoms with Gasteiger partial charge in [0.25, 0.3) is 0 Å². The van der Waals surface area contributed by atoms with Crippen LogP contribution in [0.1, 0.15) is 17.5 Å². The average Bonchev–Trinajstić information content (AvgIpc) is 2.73. The Bertz CT molecular complexity index is 1210. The maximum absolute atomic E-state index is 11.3. The number of fused-ring (bicyclic) bond motifs is 4. The largest absolute Gasteiger partial charge is 0.481 e. The van der Waals surface area contributed by atoms with Crippen LogP contribution >= 0.6 is 0 Å². The number of carboxylic acid groups (broad SMARTS) is 1. The number of ether oxygens (including phenoxy) is 1. The van der Waals surface area contributed by atoms with Crippen LogP contribution in [-0.2, 0) is 17.6 Å². The van der Waals surface area contributed by atoms with E-state index in [4.69, 9.17) is 4.74 Å². The van der Waals surface area contributed by atoms with Crippen LogP contribution in [0.3, 0.4) is 0 Å². The highest BCUT2D eigenvalue weighted by Crippen LogP contribution is 2.33. The van der Waals surface area contributed by atoms with E-state index in [-0.39, 0.29) is 5.92 Å². The third kappa shape index (κ3) is 2.99. The molecular weight excluding hydrogens is 348 g/mol. The van der Waals surface area contributed by atoms with Crippen LogP contribution in [0.15, 0.2) is 72.8 Å². The molecule has 0 spiro atoms. The van der Waals surface area contributed by atoms with Crippen molar-refractivity contribution in [1.29, 1.82) is 0 Å². The molecule has 0 saturated heterocycles. The normalized spacial score (nSPS) is 16.1. The molecule has 0 saturated carbocycles. The minimum absolute atomic E-state index is 0.296. The fourth-order valence-corrected chi connectivity index (χ4v) is 4.19. The molecule has 0 radical (unpaired) electrons. The molecule has 1 N–H and O–H groups in total. The minimum Gasteiger partial charge on any atom is -0.481 e. The average molecular weight is 368 g/mol. The number of rotatable bonds is 3. The Balaban J connectivity index is 1.49. The van der Waals surface area contributed by atoms with Crippen molar-refractivity contribution in [3.8, 4) is 11.5 Å². The van der Waals surface area contributed by atoms with E-state index < -0.39 is 5.97 Å². The molecule has 4 aromatic rings. The van der Waals surface area contributed by atoms with E-state index in [2.05, 4.69) is 48.5 Å². The van der Waals surface area contributed by atoms with E-state index >= 15 is 0 Å². The molecule has 0 aliphatic heterocycles. The summed E-state index contributed by atoms with van der Waals surface area (Å²) in [7, 11) is 0. The first-order valence-corrected chi connectivity index (χ1v) is 9.61. The molecule has 1 aliphatic carbocycles. The lowest BCUT2D eigenvalue weighted by molar-refractivity contribution is -0.142. The highest BCUT2D eigenvalue weighted by Gasteiger charge is 2.24. The maximum atomic E-state index is 11.3. The molecule has 0 fully saturated rings. The first-order chi connectivity index (χ1) is 13.7. The molecule has 1 aliphatic rings. The van der Waals surface area contributed by atoms with Crippen LogP contribution in [0.4, 0.5) is 0 Å². The van der Waals surface area contributed by atoms with Crippen molar-refractivity contribution >= 4 is 27.5 Å². The van der Waals surface area contributed by atoms with Gasteiger partial charge in [-0.3, -0.25) is 4.79 Å². The molecule has 28 heavy (non-hydrogen) atoms. The summed E-state index contributed by atoms with van der Waals surface area (Å²) in [6.45, 7) is 0. The Morgan fingerprint density at radius 2 is 1.54 bits per heavy atom. The number of hydrogen-bond donors (Lipinski definition) is 1. The van der Waals surface area contributed by atoms with E-state index in [1.165, 1.54) is 27.1 Å². The topological polar surface area (TPSA) is 46.5 Å². The second-order valence-electron chi connectivity index (χ2n) is 7.48. The van der Waals surface area contributed by atoms with Gasteiger partial charge in [-0.25, -0.2) is 0 Å². The monoisotopic (exact) mass is 368 g/mol. The lowest BCUT2D eigenvalue weighted by Crippen LogP contribution is -2.22. The van der Waals surface area contributed by atoms with E-state index in [1.807, 2.05) is 24.3 Å². The molecule has 138 valence electrons.